The van der Waals surface area contributed by atoms with E-state index in [2.05, 4.69) is 42.0 Å². The first-order valence-electron chi connectivity index (χ1n) is 6.39. The van der Waals surface area contributed by atoms with Crippen LogP contribution in [0.5, 0.6) is 0 Å². The van der Waals surface area contributed by atoms with Crippen molar-refractivity contribution in [1.29, 1.82) is 0 Å². The molecule has 102 valence electrons. The molecule has 0 radical (unpaired) electrons. The Morgan fingerprint density at radius 3 is 2.53 bits per heavy atom. The maximum absolute atomic E-state index is 6.09. The molecule has 0 saturated carbocycles. The van der Waals surface area contributed by atoms with Gasteiger partial charge in [-0.2, -0.15) is 0 Å². The third-order valence-corrected chi connectivity index (χ3v) is 3.63. The number of hydrogen-bond acceptors (Lipinski definition) is 2. The van der Waals surface area contributed by atoms with Gasteiger partial charge < -0.3 is 9.72 Å². The SMILES string of the molecule is Cc1cccc(C)c1C(OC(C)CCl)c1cnc[nH]1. The predicted octanol–water partition coefficient (Wildman–Crippen LogP) is 3.76. The van der Waals surface area contributed by atoms with Crippen LogP contribution in [0.4, 0.5) is 0 Å². The summed E-state index contributed by atoms with van der Waals surface area (Å²) in [5.74, 6) is 0.468. The molecule has 3 nitrogen and oxygen atoms in total. The fraction of sp³-hybridized carbons (Fsp3) is 0.400. The topological polar surface area (TPSA) is 37.9 Å². The highest BCUT2D eigenvalue weighted by molar-refractivity contribution is 6.18. The van der Waals surface area contributed by atoms with E-state index >= 15 is 0 Å². The molecule has 1 aromatic heterocycles. The molecule has 1 aromatic carbocycles. The van der Waals surface area contributed by atoms with Gasteiger partial charge in [0.15, 0.2) is 0 Å². The van der Waals surface area contributed by atoms with Crippen LogP contribution in [-0.4, -0.2) is 22.0 Å². The first-order chi connectivity index (χ1) is 9.13. The Kier molecular flexibility index (Phi) is 4.61. The summed E-state index contributed by atoms with van der Waals surface area (Å²) in [6.45, 7) is 6.17. The number of aromatic nitrogens is 2. The molecule has 0 saturated heterocycles. The minimum atomic E-state index is -0.155. The number of hydrogen-bond donors (Lipinski definition) is 1. The summed E-state index contributed by atoms with van der Waals surface area (Å²) in [6, 6.07) is 6.25. The van der Waals surface area contributed by atoms with Gasteiger partial charge in [-0.15, -0.1) is 11.6 Å². The average molecular weight is 279 g/mol. The number of aromatic amines is 1. The summed E-state index contributed by atoms with van der Waals surface area (Å²) >= 11 is 5.87. The van der Waals surface area contributed by atoms with E-state index in [0.717, 1.165) is 5.69 Å². The molecule has 2 aromatic rings. The lowest BCUT2D eigenvalue weighted by Crippen LogP contribution is -2.18. The van der Waals surface area contributed by atoms with Gasteiger partial charge in [0.1, 0.15) is 6.10 Å². The summed E-state index contributed by atoms with van der Waals surface area (Å²) in [5, 5.41) is 0. The largest absolute Gasteiger partial charge is 0.363 e. The Balaban J connectivity index is 2.43. The van der Waals surface area contributed by atoms with Gasteiger partial charge in [0.05, 0.1) is 24.3 Å². The van der Waals surface area contributed by atoms with Gasteiger partial charge in [-0.05, 0) is 37.5 Å². The van der Waals surface area contributed by atoms with Crippen molar-refractivity contribution in [2.75, 3.05) is 5.88 Å². The monoisotopic (exact) mass is 278 g/mol. The zero-order chi connectivity index (χ0) is 13.8. The van der Waals surface area contributed by atoms with Crippen LogP contribution in [0, 0.1) is 13.8 Å². The lowest BCUT2D eigenvalue weighted by atomic mass is 9.96. The van der Waals surface area contributed by atoms with E-state index in [1.165, 1.54) is 16.7 Å². The van der Waals surface area contributed by atoms with Crippen LogP contribution in [0.3, 0.4) is 0 Å². The van der Waals surface area contributed by atoms with Crippen molar-refractivity contribution >= 4 is 11.6 Å². The molecule has 0 aliphatic carbocycles. The normalized spacial score (nSPS) is 14.3. The van der Waals surface area contributed by atoms with Crippen LogP contribution in [0.25, 0.3) is 0 Å². The molecule has 0 aliphatic rings. The van der Waals surface area contributed by atoms with Crippen LogP contribution >= 0.6 is 11.6 Å². The molecule has 2 rings (SSSR count). The maximum atomic E-state index is 6.09. The summed E-state index contributed by atoms with van der Waals surface area (Å²) in [4.78, 5) is 7.23. The highest BCUT2D eigenvalue weighted by atomic mass is 35.5. The molecule has 0 amide bonds. The molecule has 19 heavy (non-hydrogen) atoms. The van der Waals surface area contributed by atoms with Crippen molar-refractivity contribution in [3.8, 4) is 0 Å². The summed E-state index contributed by atoms with van der Waals surface area (Å²) in [6.07, 6.45) is 3.30. The van der Waals surface area contributed by atoms with Crippen molar-refractivity contribution in [3.63, 3.8) is 0 Å². The molecule has 1 N–H and O–H groups in total. The van der Waals surface area contributed by atoms with Crippen molar-refractivity contribution < 1.29 is 4.74 Å². The number of nitrogens with zero attached hydrogens (tertiary/aromatic N) is 1. The maximum Gasteiger partial charge on any atom is 0.125 e. The molecular weight excluding hydrogens is 260 g/mol. The van der Waals surface area contributed by atoms with Crippen LogP contribution in [0.1, 0.15) is 35.4 Å². The number of nitrogens with one attached hydrogen (secondary N) is 1. The van der Waals surface area contributed by atoms with Crippen LogP contribution in [0.15, 0.2) is 30.7 Å². The van der Waals surface area contributed by atoms with Crippen LogP contribution in [0.2, 0.25) is 0 Å². The number of imidazole rings is 1. The fourth-order valence-electron chi connectivity index (χ4n) is 2.22. The van der Waals surface area contributed by atoms with Gasteiger partial charge in [-0.3, -0.25) is 0 Å². The number of aryl methyl sites for hydroxylation is 2. The van der Waals surface area contributed by atoms with Gasteiger partial charge in [-0.1, -0.05) is 18.2 Å². The van der Waals surface area contributed by atoms with Gasteiger partial charge in [0.2, 0.25) is 0 Å². The molecule has 0 fully saturated rings. The van der Waals surface area contributed by atoms with E-state index in [1.54, 1.807) is 12.5 Å². The Labute approximate surface area is 119 Å². The Morgan fingerprint density at radius 2 is 2.00 bits per heavy atom. The quantitative estimate of drug-likeness (QED) is 0.846. The van der Waals surface area contributed by atoms with Crippen LogP contribution < -0.4 is 0 Å². The number of ether oxygens (including phenoxy) is 1. The second kappa shape index (κ2) is 6.22. The van der Waals surface area contributed by atoms with Gasteiger partial charge in [0, 0.05) is 5.88 Å². The number of benzene rings is 1. The summed E-state index contributed by atoms with van der Waals surface area (Å²) < 4.78 is 6.09. The first kappa shape index (κ1) is 14.1. The number of H-pyrrole nitrogens is 1. The van der Waals surface area contributed by atoms with E-state index in [0.29, 0.717) is 5.88 Å². The molecule has 4 heteroatoms. The van der Waals surface area contributed by atoms with Gasteiger partial charge >= 0.3 is 0 Å². The van der Waals surface area contributed by atoms with E-state index in [9.17, 15) is 0 Å². The van der Waals surface area contributed by atoms with Crippen molar-refractivity contribution in [2.45, 2.75) is 33.0 Å². The van der Waals surface area contributed by atoms with Crippen molar-refractivity contribution in [1.82, 2.24) is 9.97 Å². The molecule has 2 atom stereocenters. The fourth-order valence-corrected chi connectivity index (χ4v) is 2.29. The zero-order valence-electron chi connectivity index (χ0n) is 11.5. The zero-order valence-corrected chi connectivity index (χ0v) is 12.2. The number of rotatable bonds is 5. The lowest BCUT2D eigenvalue weighted by molar-refractivity contribution is 0.0296. The molecular formula is C15H19ClN2O. The molecule has 0 spiro atoms. The summed E-state index contributed by atoms with van der Waals surface area (Å²) in [7, 11) is 0. The van der Waals surface area contributed by atoms with Crippen LogP contribution in [-0.2, 0) is 4.74 Å². The second-order valence-corrected chi connectivity index (χ2v) is 5.10. The minimum absolute atomic E-state index is 0.0195. The smallest absolute Gasteiger partial charge is 0.125 e. The van der Waals surface area contributed by atoms with E-state index < -0.39 is 0 Å². The second-order valence-electron chi connectivity index (χ2n) is 4.79. The highest BCUT2D eigenvalue weighted by Crippen LogP contribution is 2.31. The minimum Gasteiger partial charge on any atom is -0.363 e. The molecule has 0 bridgehead atoms. The number of halogens is 1. The van der Waals surface area contributed by atoms with Crippen molar-refractivity contribution in [2.24, 2.45) is 0 Å². The summed E-state index contributed by atoms with van der Waals surface area (Å²) in [5.41, 5.74) is 4.56. The Bertz CT molecular complexity index is 505. The number of alkyl halides is 1. The Hall–Kier alpha value is -1.32. The Morgan fingerprint density at radius 1 is 1.32 bits per heavy atom. The van der Waals surface area contributed by atoms with E-state index in [1.807, 2.05) is 6.92 Å². The first-order valence-corrected chi connectivity index (χ1v) is 6.92. The van der Waals surface area contributed by atoms with E-state index in [-0.39, 0.29) is 12.2 Å². The van der Waals surface area contributed by atoms with Crippen molar-refractivity contribution in [3.05, 3.63) is 53.1 Å². The standard InChI is InChI=1S/C15H19ClN2O/c1-10-5-4-6-11(2)14(10)15(19-12(3)7-16)13-8-17-9-18-13/h4-6,8-9,12,15H,7H2,1-3H3,(H,17,18). The van der Waals surface area contributed by atoms with E-state index in [4.69, 9.17) is 16.3 Å². The third kappa shape index (κ3) is 3.17. The third-order valence-electron chi connectivity index (χ3n) is 3.19. The highest BCUT2D eigenvalue weighted by Gasteiger charge is 2.22. The average Bonchev–Trinajstić information content (AvgIpc) is 2.90. The van der Waals surface area contributed by atoms with Gasteiger partial charge in [0.25, 0.3) is 0 Å². The lowest BCUT2D eigenvalue weighted by Gasteiger charge is -2.24. The van der Waals surface area contributed by atoms with Gasteiger partial charge in [-0.25, -0.2) is 4.98 Å². The molecule has 0 aliphatic heterocycles. The molecule has 2 unspecified atom stereocenters. The predicted molar refractivity (Wildman–Crippen MR) is 77.6 cm³/mol. The molecule has 1 heterocycles.